The molecule has 3 heterocycles. The third-order valence-electron chi connectivity index (χ3n) is 5.17. The van der Waals surface area contributed by atoms with E-state index in [1.54, 1.807) is 12.1 Å². The summed E-state index contributed by atoms with van der Waals surface area (Å²) in [5.41, 5.74) is 2.84. The van der Waals surface area contributed by atoms with Gasteiger partial charge in [0.25, 0.3) is 11.5 Å². The van der Waals surface area contributed by atoms with E-state index in [0.29, 0.717) is 18.8 Å². The fourth-order valence-electron chi connectivity index (χ4n) is 3.58. The Morgan fingerprint density at radius 1 is 1.15 bits per heavy atom. The normalized spacial score (nSPS) is 15.4. The van der Waals surface area contributed by atoms with Crippen molar-refractivity contribution in [2.24, 2.45) is 0 Å². The predicted molar refractivity (Wildman–Crippen MR) is 104 cm³/mol. The maximum Gasteiger partial charge on any atom is 0.289 e. The van der Waals surface area contributed by atoms with Gasteiger partial charge in [0.05, 0.1) is 6.26 Å². The molecule has 27 heavy (non-hydrogen) atoms. The lowest BCUT2D eigenvalue weighted by Gasteiger charge is -2.34. The zero-order valence-corrected chi connectivity index (χ0v) is 15.4. The minimum Gasteiger partial charge on any atom is -0.459 e. The molecule has 1 amide bonds. The number of rotatable bonds is 4. The number of amides is 1. The van der Waals surface area contributed by atoms with Gasteiger partial charge in [-0.15, -0.1) is 0 Å². The zero-order chi connectivity index (χ0) is 18.8. The van der Waals surface area contributed by atoms with Gasteiger partial charge in [0.15, 0.2) is 5.76 Å². The van der Waals surface area contributed by atoms with Crippen molar-refractivity contribution in [3.05, 3.63) is 69.9 Å². The minimum absolute atomic E-state index is 0.00722. The lowest BCUT2D eigenvalue weighted by Crippen LogP contribution is -2.48. The first-order valence-corrected chi connectivity index (χ1v) is 9.34. The quantitative estimate of drug-likeness (QED) is 0.772. The van der Waals surface area contributed by atoms with Crippen molar-refractivity contribution >= 4 is 16.8 Å². The Morgan fingerprint density at radius 2 is 1.96 bits per heavy atom. The lowest BCUT2D eigenvalue weighted by molar-refractivity contribution is 0.0598. The summed E-state index contributed by atoms with van der Waals surface area (Å²) < 4.78 is 5.20. The van der Waals surface area contributed by atoms with Gasteiger partial charge in [0, 0.05) is 43.8 Å². The van der Waals surface area contributed by atoms with E-state index in [4.69, 9.17) is 4.42 Å². The molecule has 0 bridgehead atoms. The largest absolute Gasteiger partial charge is 0.459 e. The van der Waals surface area contributed by atoms with Crippen LogP contribution in [0.4, 0.5) is 0 Å². The molecule has 6 nitrogen and oxygen atoms in total. The summed E-state index contributed by atoms with van der Waals surface area (Å²) in [4.78, 5) is 31.5. The van der Waals surface area contributed by atoms with Crippen LogP contribution in [0.2, 0.25) is 0 Å². The SMILES string of the molecule is CCc1cc2ccc(CN3CCN(C(=O)c4ccco4)CC3)cc2[nH]c1=O. The highest BCUT2D eigenvalue weighted by molar-refractivity contribution is 5.91. The molecule has 1 aliphatic rings. The molecule has 1 N–H and O–H groups in total. The average molecular weight is 365 g/mol. The van der Waals surface area contributed by atoms with Crippen LogP contribution in [0.5, 0.6) is 0 Å². The molecule has 4 rings (SSSR count). The molecule has 0 aliphatic carbocycles. The summed E-state index contributed by atoms with van der Waals surface area (Å²) in [6.45, 7) is 5.79. The first kappa shape index (κ1) is 17.5. The van der Waals surface area contributed by atoms with E-state index in [0.717, 1.165) is 48.1 Å². The number of fused-ring (bicyclic) bond motifs is 1. The van der Waals surface area contributed by atoms with Crippen LogP contribution >= 0.6 is 0 Å². The number of carbonyl (C=O) groups is 1. The standard InChI is InChI=1S/C21H23N3O3/c1-2-16-13-17-6-5-15(12-18(17)22-20(16)25)14-23-7-9-24(10-8-23)21(26)19-4-3-11-27-19/h3-6,11-13H,2,7-10,14H2,1H3,(H,22,25). The van der Waals surface area contributed by atoms with E-state index < -0.39 is 0 Å². The van der Waals surface area contributed by atoms with Gasteiger partial charge in [0.2, 0.25) is 0 Å². The Bertz CT molecular complexity index is 999. The summed E-state index contributed by atoms with van der Waals surface area (Å²) in [6, 6.07) is 11.6. The number of aromatic nitrogens is 1. The number of pyridine rings is 1. The highest BCUT2D eigenvalue weighted by atomic mass is 16.3. The van der Waals surface area contributed by atoms with Crippen LogP contribution in [0.1, 0.15) is 28.6 Å². The Kier molecular flexibility index (Phi) is 4.81. The number of nitrogens with zero attached hydrogens (tertiary/aromatic N) is 2. The zero-order valence-electron chi connectivity index (χ0n) is 15.4. The van der Waals surface area contributed by atoms with Gasteiger partial charge in [-0.25, -0.2) is 0 Å². The van der Waals surface area contributed by atoms with Gasteiger partial charge in [0.1, 0.15) is 0 Å². The van der Waals surface area contributed by atoms with Crippen molar-refractivity contribution in [3.8, 4) is 0 Å². The molecule has 3 aromatic rings. The third kappa shape index (κ3) is 3.66. The van der Waals surface area contributed by atoms with E-state index >= 15 is 0 Å². The molecule has 6 heteroatoms. The Morgan fingerprint density at radius 3 is 2.67 bits per heavy atom. The van der Waals surface area contributed by atoms with Gasteiger partial charge in [-0.05, 0) is 41.6 Å². The van der Waals surface area contributed by atoms with Crippen LogP contribution in [0.3, 0.4) is 0 Å². The Labute approximate surface area is 157 Å². The second-order valence-electron chi connectivity index (χ2n) is 6.94. The van der Waals surface area contributed by atoms with Gasteiger partial charge in [-0.3, -0.25) is 14.5 Å². The van der Waals surface area contributed by atoms with E-state index in [9.17, 15) is 9.59 Å². The molecule has 1 saturated heterocycles. The van der Waals surface area contributed by atoms with Gasteiger partial charge >= 0.3 is 0 Å². The van der Waals surface area contributed by atoms with Crippen LogP contribution in [0, 0.1) is 0 Å². The summed E-state index contributed by atoms with van der Waals surface area (Å²) in [7, 11) is 0. The van der Waals surface area contributed by atoms with Gasteiger partial charge in [-0.2, -0.15) is 0 Å². The topological polar surface area (TPSA) is 69.5 Å². The second-order valence-corrected chi connectivity index (χ2v) is 6.94. The molecule has 1 aromatic carbocycles. The average Bonchev–Trinajstić information content (AvgIpc) is 3.22. The highest BCUT2D eigenvalue weighted by Gasteiger charge is 2.23. The van der Waals surface area contributed by atoms with Crippen LogP contribution in [0.25, 0.3) is 10.9 Å². The van der Waals surface area contributed by atoms with E-state index in [1.807, 2.05) is 17.9 Å². The van der Waals surface area contributed by atoms with Crippen LogP contribution in [-0.2, 0) is 13.0 Å². The molecule has 0 spiro atoms. The molecule has 2 aromatic heterocycles. The van der Waals surface area contributed by atoms with Crippen molar-refractivity contribution in [3.63, 3.8) is 0 Å². The highest BCUT2D eigenvalue weighted by Crippen LogP contribution is 2.17. The summed E-state index contributed by atoms with van der Waals surface area (Å²) in [5, 5.41) is 1.06. The number of aryl methyl sites for hydroxylation is 1. The van der Waals surface area contributed by atoms with Gasteiger partial charge in [-0.1, -0.05) is 19.1 Å². The molecule has 0 radical (unpaired) electrons. The number of nitrogens with one attached hydrogen (secondary N) is 1. The van der Waals surface area contributed by atoms with Gasteiger partial charge < -0.3 is 14.3 Å². The molecule has 0 saturated carbocycles. The van der Waals surface area contributed by atoms with Crippen molar-refractivity contribution in [2.75, 3.05) is 26.2 Å². The molecule has 1 fully saturated rings. The Hall–Kier alpha value is -2.86. The maximum atomic E-state index is 12.3. The number of piperazine rings is 1. The van der Waals surface area contributed by atoms with Crippen LogP contribution in [-0.4, -0.2) is 46.9 Å². The summed E-state index contributed by atoms with van der Waals surface area (Å²) in [6.07, 6.45) is 2.25. The molecular weight excluding hydrogens is 342 g/mol. The van der Waals surface area contributed by atoms with E-state index in [-0.39, 0.29) is 11.5 Å². The molecular formula is C21H23N3O3. The number of benzene rings is 1. The van der Waals surface area contributed by atoms with Crippen LogP contribution < -0.4 is 5.56 Å². The van der Waals surface area contributed by atoms with Crippen LogP contribution in [0.15, 0.2) is 51.9 Å². The summed E-state index contributed by atoms with van der Waals surface area (Å²) >= 11 is 0. The second kappa shape index (κ2) is 7.40. The third-order valence-corrected chi connectivity index (χ3v) is 5.17. The Balaban J connectivity index is 1.41. The van der Waals surface area contributed by atoms with E-state index in [2.05, 4.69) is 28.1 Å². The van der Waals surface area contributed by atoms with Crippen molar-refractivity contribution in [2.45, 2.75) is 19.9 Å². The number of hydrogen-bond donors (Lipinski definition) is 1. The number of H-pyrrole nitrogens is 1. The fourth-order valence-corrected chi connectivity index (χ4v) is 3.58. The lowest BCUT2D eigenvalue weighted by atomic mass is 10.1. The monoisotopic (exact) mass is 365 g/mol. The van der Waals surface area contributed by atoms with Crippen molar-refractivity contribution in [1.82, 2.24) is 14.8 Å². The molecule has 1 aliphatic heterocycles. The molecule has 140 valence electrons. The first-order chi connectivity index (χ1) is 13.1. The fraction of sp³-hybridized carbons (Fsp3) is 0.333. The predicted octanol–water partition coefficient (Wildman–Crippen LogP) is 2.64. The van der Waals surface area contributed by atoms with Crippen molar-refractivity contribution in [1.29, 1.82) is 0 Å². The minimum atomic E-state index is -0.0466. The summed E-state index contributed by atoms with van der Waals surface area (Å²) in [5.74, 6) is 0.350. The van der Waals surface area contributed by atoms with Crippen molar-refractivity contribution < 1.29 is 9.21 Å². The number of carbonyl (C=O) groups excluding carboxylic acids is 1. The van der Waals surface area contributed by atoms with E-state index in [1.165, 1.54) is 6.26 Å². The number of hydrogen-bond acceptors (Lipinski definition) is 4. The first-order valence-electron chi connectivity index (χ1n) is 9.34. The maximum absolute atomic E-state index is 12.3. The number of furan rings is 1. The molecule has 0 atom stereocenters. The smallest absolute Gasteiger partial charge is 0.289 e. The molecule has 0 unspecified atom stereocenters. The number of aromatic amines is 1.